The van der Waals surface area contributed by atoms with Crippen molar-refractivity contribution >= 4 is 12.0 Å². The van der Waals surface area contributed by atoms with Crippen LogP contribution in [0.4, 0.5) is 0 Å². The van der Waals surface area contributed by atoms with Crippen LogP contribution in [-0.2, 0) is 9.53 Å². The first-order valence-electron chi connectivity index (χ1n) is 6.43. The molecule has 0 amide bonds. The molecule has 0 saturated carbocycles. The average Bonchev–Trinajstić information content (AvgIpc) is 2.31. The van der Waals surface area contributed by atoms with Gasteiger partial charge in [0.1, 0.15) is 6.10 Å². The first-order valence-corrected chi connectivity index (χ1v) is 6.43. The molecule has 0 fully saturated rings. The minimum atomic E-state index is -0.211. The van der Waals surface area contributed by atoms with E-state index >= 15 is 0 Å². The summed E-state index contributed by atoms with van der Waals surface area (Å²) in [6.07, 6.45) is 6.15. The largest absolute Gasteiger partial charge is 0.458 e. The Hall–Kier alpha value is -1.57. The van der Waals surface area contributed by atoms with Gasteiger partial charge in [0.2, 0.25) is 0 Å². The Bertz CT molecular complexity index is 472. The summed E-state index contributed by atoms with van der Waals surface area (Å²) >= 11 is 0. The number of hydrogen-bond donors (Lipinski definition) is 0. The van der Waals surface area contributed by atoms with Crippen molar-refractivity contribution in [3.8, 4) is 0 Å². The van der Waals surface area contributed by atoms with E-state index in [0.717, 1.165) is 24.0 Å². The van der Waals surface area contributed by atoms with E-state index in [0.29, 0.717) is 0 Å². The minimum Gasteiger partial charge on any atom is -0.458 e. The molecule has 1 aliphatic rings. The number of esters is 1. The molecule has 0 spiro atoms. The lowest BCUT2D eigenvalue weighted by Crippen LogP contribution is -2.16. The second-order valence-electron chi connectivity index (χ2n) is 5.59. The van der Waals surface area contributed by atoms with E-state index in [2.05, 4.69) is 32.1 Å². The Kier molecular flexibility index (Phi) is 3.55. The third-order valence-corrected chi connectivity index (χ3v) is 3.42. The van der Waals surface area contributed by atoms with Crippen LogP contribution in [0.3, 0.4) is 0 Å². The van der Waals surface area contributed by atoms with Gasteiger partial charge in [-0.15, -0.1) is 0 Å². The molecular formula is C16H20O2. The maximum Gasteiger partial charge on any atom is 0.303 e. The molecule has 2 nitrogen and oxygen atoms in total. The van der Waals surface area contributed by atoms with Gasteiger partial charge in [-0.25, -0.2) is 0 Å². The van der Waals surface area contributed by atoms with Gasteiger partial charge in [-0.1, -0.05) is 50.3 Å². The summed E-state index contributed by atoms with van der Waals surface area (Å²) in [7, 11) is 0. The fourth-order valence-corrected chi connectivity index (χ4v) is 2.34. The van der Waals surface area contributed by atoms with Gasteiger partial charge < -0.3 is 4.74 Å². The second kappa shape index (κ2) is 4.97. The summed E-state index contributed by atoms with van der Waals surface area (Å²) in [6.45, 7) is 5.90. The highest BCUT2D eigenvalue weighted by Gasteiger charge is 2.24. The maximum absolute atomic E-state index is 11.2. The highest BCUT2D eigenvalue weighted by Crippen LogP contribution is 2.36. The smallest absolute Gasteiger partial charge is 0.303 e. The van der Waals surface area contributed by atoms with Crippen LogP contribution in [0.25, 0.3) is 6.08 Å². The van der Waals surface area contributed by atoms with Crippen LogP contribution in [0, 0.1) is 5.41 Å². The predicted molar refractivity (Wildman–Crippen MR) is 73.0 cm³/mol. The zero-order valence-electron chi connectivity index (χ0n) is 11.3. The molecule has 0 radical (unpaired) electrons. The van der Waals surface area contributed by atoms with Gasteiger partial charge in [0.25, 0.3) is 0 Å². The van der Waals surface area contributed by atoms with Crippen LogP contribution in [-0.4, -0.2) is 5.97 Å². The normalized spacial score (nSPS) is 23.4. The molecule has 1 atom stereocenters. The number of fused-ring (bicyclic) bond motifs is 1. The first kappa shape index (κ1) is 12.9. The molecule has 0 aliphatic heterocycles. The molecule has 0 saturated heterocycles. The lowest BCUT2D eigenvalue weighted by Gasteiger charge is -2.27. The number of hydrogen-bond acceptors (Lipinski definition) is 2. The van der Waals surface area contributed by atoms with Crippen molar-refractivity contribution in [2.45, 2.75) is 39.7 Å². The third-order valence-electron chi connectivity index (χ3n) is 3.42. The predicted octanol–water partition coefficient (Wildman–Crippen LogP) is 4.12. The number of ether oxygens (including phenoxy) is 1. The average molecular weight is 244 g/mol. The Morgan fingerprint density at radius 3 is 2.78 bits per heavy atom. The van der Waals surface area contributed by atoms with Crippen molar-refractivity contribution in [1.82, 2.24) is 0 Å². The third kappa shape index (κ3) is 3.00. The van der Waals surface area contributed by atoms with Gasteiger partial charge in [0, 0.05) is 6.92 Å². The molecule has 1 unspecified atom stereocenters. The van der Waals surface area contributed by atoms with Crippen LogP contribution in [0.2, 0.25) is 0 Å². The molecule has 0 bridgehead atoms. The molecule has 1 aromatic carbocycles. The Balaban J connectivity index is 2.40. The van der Waals surface area contributed by atoms with Crippen molar-refractivity contribution in [1.29, 1.82) is 0 Å². The number of carbonyl (C=O) groups is 1. The molecular weight excluding hydrogens is 224 g/mol. The highest BCUT2D eigenvalue weighted by molar-refractivity contribution is 5.67. The van der Waals surface area contributed by atoms with Gasteiger partial charge in [-0.2, -0.15) is 0 Å². The molecule has 1 aliphatic carbocycles. The van der Waals surface area contributed by atoms with Gasteiger partial charge in [-0.3, -0.25) is 4.79 Å². The van der Waals surface area contributed by atoms with E-state index in [4.69, 9.17) is 4.74 Å². The molecule has 96 valence electrons. The Labute approximate surface area is 109 Å². The summed E-state index contributed by atoms with van der Waals surface area (Å²) in [6, 6.07) is 8.13. The van der Waals surface area contributed by atoms with E-state index in [-0.39, 0.29) is 17.5 Å². The van der Waals surface area contributed by atoms with Crippen LogP contribution in [0.1, 0.15) is 50.8 Å². The molecule has 2 rings (SSSR count). The summed E-state index contributed by atoms with van der Waals surface area (Å²) in [4.78, 5) is 11.2. The molecule has 18 heavy (non-hydrogen) atoms. The lowest BCUT2D eigenvalue weighted by molar-refractivity contribution is -0.147. The Morgan fingerprint density at radius 2 is 2.06 bits per heavy atom. The fraction of sp³-hybridized carbons (Fsp3) is 0.438. The topological polar surface area (TPSA) is 26.3 Å². The van der Waals surface area contributed by atoms with Crippen molar-refractivity contribution in [2.75, 3.05) is 0 Å². The first-order chi connectivity index (χ1) is 8.48. The van der Waals surface area contributed by atoms with Crippen LogP contribution in [0.15, 0.2) is 30.3 Å². The molecule has 0 aromatic heterocycles. The van der Waals surface area contributed by atoms with Gasteiger partial charge in [0.15, 0.2) is 0 Å². The second-order valence-corrected chi connectivity index (χ2v) is 5.59. The van der Waals surface area contributed by atoms with E-state index in [9.17, 15) is 4.79 Å². The van der Waals surface area contributed by atoms with Crippen LogP contribution in [0.5, 0.6) is 0 Å². The van der Waals surface area contributed by atoms with Crippen molar-refractivity contribution in [3.05, 3.63) is 41.5 Å². The number of rotatable bonds is 1. The standard InChI is InChI=1S/C16H20O2/c1-12(17)18-15-9-11-16(2,3)10-8-13-6-4-5-7-14(13)15/h4-8,10,15H,9,11H2,1-3H3/b10-8-. The van der Waals surface area contributed by atoms with E-state index in [1.807, 2.05) is 18.2 Å². The van der Waals surface area contributed by atoms with Gasteiger partial charge >= 0.3 is 5.97 Å². The lowest BCUT2D eigenvalue weighted by atomic mass is 9.82. The molecule has 0 N–H and O–H groups in total. The number of benzene rings is 1. The van der Waals surface area contributed by atoms with E-state index in [1.54, 1.807) is 0 Å². The zero-order valence-corrected chi connectivity index (χ0v) is 11.3. The van der Waals surface area contributed by atoms with Gasteiger partial charge in [0.05, 0.1) is 0 Å². The zero-order chi connectivity index (χ0) is 13.2. The maximum atomic E-state index is 11.2. The summed E-state index contributed by atoms with van der Waals surface area (Å²) in [5.74, 6) is -0.211. The van der Waals surface area contributed by atoms with Crippen LogP contribution >= 0.6 is 0 Å². The quantitative estimate of drug-likeness (QED) is 0.694. The number of carbonyl (C=O) groups excluding carboxylic acids is 1. The molecule has 1 aromatic rings. The van der Waals surface area contributed by atoms with Gasteiger partial charge in [-0.05, 0) is 29.4 Å². The SMILES string of the molecule is CC(=O)OC1CCC(C)(C)/C=C\c2ccccc21. The van der Waals surface area contributed by atoms with Crippen molar-refractivity contribution in [3.63, 3.8) is 0 Å². The van der Waals surface area contributed by atoms with E-state index in [1.165, 1.54) is 6.92 Å². The Morgan fingerprint density at radius 1 is 1.33 bits per heavy atom. The van der Waals surface area contributed by atoms with Crippen molar-refractivity contribution < 1.29 is 9.53 Å². The van der Waals surface area contributed by atoms with Crippen molar-refractivity contribution in [2.24, 2.45) is 5.41 Å². The fourth-order valence-electron chi connectivity index (χ4n) is 2.34. The van der Waals surface area contributed by atoms with E-state index < -0.39 is 0 Å². The summed E-state index contributed by atoms with van der Waals surface area (Å²) in [5, 5.41) is 0. The van der Waals surface area contributed by atoms with Crippen LogP contribution < -0.4 is 0 Å². The molecule has 2 heteroatoms. The minimum absolute atomic E-state index is 0.122. The summed E-state index contributed by atoms with van der Waals surface area (Å²) in [5.41, 5.74) is 2.40. The highest BCUT2D eigenvalue weighted by atomic mass is 16.5. The monoisotopic (exact) mass is 244 g/mol. The summed E-state index contributed by atoms with van der Waals surface area (Å²) < 4.78 is 5.47. The molecule has 0 heterocycles. The number of allylic oxidation sites excluding steroid dienone is 1.